The van der Waals surface area contributed by atoms with Crippen molar-refractivity contribution in [3.05, 3.63) is 29.8 Å². The summed E-state index contributed by atoms with van der Waals surface area (Å²) in [7, 11) is -4.98. The molecule has 24 heavy (non-hydrogen) atoms. The van der Waals surface area contributed by atoms with Gasteiger partial charge in [-0.1, -0.05) is 17.7 Å². The number of aryl methyl sites for hydroxylation is 1. The predicted molar refractivity (Wildman–Crippen MR) is 65.9 cm³/mol. The summed E-state index contributed by atoms with van der Waals surface area (Å²) in [5, 5.41) is 4.18. The molecular formula is C11H9F6N3O3S. The van der Waals surface area contributed by atoms with Crippen LogP contribution < -0.4 is 0 Å². The van der Waals surface area contributed by atoms with Crippen molar-refractivity contribution in [2.75, 3.05) is 6.54 Å². The SMILES string of the molecule is Cc1ccc(S(=O)(=O)ON2N=NCC2(C(F)(F)F)C(F)(F)F)cc1. The van der Waals surface area contributed by atoms with Gasteiger partial charge in [-0.3, -0.25) is 0 Å². The lowest BCUT2D eigenvalue weighted by Gasteiger charge is -2.36. The topological polar surface area (TPSA) is 71.3 Å². The Kier molecular flexibility index (Phi) is 4.29. The fourth-order valence-electron chi connectivity index (χ4n) is 1.80. The van der Waals surface area contributed by atoms with Crippen molar-refractivity contribution in [3.8, 4) is 0 Å². The van der Waals surface area contributed by atoms with Crippen LogP contribution >= 0.6 is 0 Å². The summed E-state index contributed by atoms with van der Waals surface area (Å²) in [6.45, 7) is -0.270. The average molecular weight is 377 g/mol. The Labute approximate surface area is 131 Å². The molecule has 0 aromatic heterocycles. The molecule has 0 radical (unpaired) electrons. The molecule has 1 aromatic carbocycles. The molecule has 0 bridgehead atoms. The molecule has 0 saturated heterocycles. The van der Waals surface area contributed by atoms with Crippen LogP contribution in [0.15, 0.2) is 39.5 Å². The maximum absolute atomic E-state index is 13.0. The van der Waals surface area contributed by atoms with E-state index in [9.17, 15) is 34.8 Å². The number of hydrogen-bond acceptors (Lipinski definition) is 6. The van der Waals surface area contributed by atoms with Gasteiger partial charge >= 0.3 is 22.5 Å². The quantitative estimate of drug-likeness (QED) is 0.759. The second kappa shape index (κ2) is 5.58. The highest BCUT2D eigenvalue weighted by Gasteiger charge is 2.78. The molecule has 2 rings (SSSR count). The summed E-state index contributed by atoms with van der Waals surface area (Å²) < 4.78 is 106. The number of rotatable bonds is 3. The van der Waals surface area contributed by atoms with Crippen molar-refractivity contribution in [2.24, 2.45) is 10.3 Å². The third kappa shape index (κ3) is 2.92. The number of benzene rings is 1. The minimum Gasteiger partial charge on any atom is -0.192 e. The first-order chi connectivity index (χ1) is 10.8. The largest absolute Gasteiger partial charge is 0.426 e. The first kappa shape index (κ1) is 18.4. The lowest BCUT2D eigenvalue weighted by Crippen LogP contribution is -2.66. The van der Waals surface area contributed by atoms with Crippen molar-refractivity contribution >= 4 is 10.1 Å². The minimum absolute atomic E-state index is 0.620. The molecule has 0 amide bonds. The lowest BCUT2D eigenvalue weighted by atomic mass is 9.99. The third-order valence-corrected chi connectivity index (χ3v) is 4.37. The van der Waals surface area contributed by atoms with E-state index in [4.69, 9.17) is 0 Å². The van der Waals surface area contributed by atoms with Gasteiger partial charge in [-0.15, -0.1) is 9.46 Å². The van der Waals surface area contributed by atoms with Gasteiger partial charge in [-0.05, 0) is 24.3 Å². The second-order valence-corrected chi connectivity index (χ2v) is 6.39. The van der Waals surface area contributed by atoms with Crippen LogP contribution in [0, 0.1) is 6.92 Å². The summed E-state index contributed by atoms with van der Waals surface area (Å²) in [5.41, 5.74) is -4.06. The van der Waals surface area contributed by atoms with Crippen LogP contribution in [0.3, 0.4) is 0 Å². The third-order valence-electron chi connectivity index (χ3n) is 3.19. The molecule has 0 spiro atoms. The molecule has 6 nitrogen and oxygen atoms in total. The summed E-state index contributed by atoms with van der Waals surface area (Å²) in [4.78, 5) is -0.631. The number of alkyl halides is 6. The van der Waals surface area contributed by atoms with E-state index in [1.54, 1.807) is 6.92 Å². The smallest absolute Gasteiger partial charge is 0.192 e. The molecule has 0 aliphatic carbocycles. The average Bonchev–Trinajstić information content (AvgIpc) is 2.82. The van der Waals surface area contributed by atoms with Gasteiger partial charge in [0.05, 0.1) is 4.90 Å². The molecule has 0 fully saturated rings. The van der Waals surface area contributed by atoms with E-state index in [-0.39, 0.29) is 0 Å². The summed E-state index contributed by atoms with van der Waals surface area (Å²) >= 11 is 0. The van der Waals surface area contributed by atoms with Gasteiger partial charge in [0.1, 0.15) is 6.54 Å². The van der Waals surface area contributed by atoms with E-state index in [1.807, 2.05) is 0 Å². The van der Waals surface area contributed by atoms with Gasteiger partial charge < -0.3 is 0 Å². The Morgan fingerprint density at radius 3 is 2.04 bits per heavy atom. The number of halogens is 6. The predicted octanol–water partition coefficient (Wildman–Crippen LogP) is 3.16. The standard InChI is InChI=1S/C11H9F6N3O3S/c1-7-2-4-8(5-3-7)24(21,22)23-20-9(6-18-19-20,10(12,13)14)11(15,16)17/h2-5H,6H2,1H3. The van der Waals surface area contributed by atoms with E-state index in [0.29, 0.717) is 5.56 Å². The van der Waals surface area contributed by atoms with Gasteiger partial charge in [0.15, 0.2) is 0 Å². The lowest BCUT2D eigenvalue weighted by molar-refractivity contribution is -0.370. The molecule has 13 heteroatoms. The van der Waals surface area contributed by atoms with Crippen molar-refractivity contribution in [2.45, 2.75) is 29.7 Å². The Balaban J connectivity index is 2.43. The highest BCUT2D eigenvalue weighted by molar-refractivity contribution is 7.86. The van der Waals surface area contributed by atoms with Crippen molar-refractivity contribution in [1.29, 1.82) is 0 Å². The highest BCUT2D eigenvalue weighted by Crippen LogP contribution is 2.50. The molecule has 1 heterocycles. The zero-order valence-electron chi connectivity index (χ0n) is 11.8. The highest BCUT2D eigenvalue weighted by atomic mass is 32.2. The van der Waals surface area contributed by atoms with E-state index in [2.05, 4.69) is 14.6 Å². The van der Waals surface area contributed by atoms with Crippen LogP contribution in [-0.4, -0.2) is 38.0 Å². The number of nitrogens with zero attached hydrogens (tertiary/aromatic N) is 3. The van der Waals surface area contributed by atoms with E-state index in [0.717, 1.165) is 12.1 Å². The first-order valence-electron chi connectivity index (χ1n) is 6.14. The van der Waals surface area contributed by atoms with Crippen LogP contribution in [0.1, 0.15) is 5.56 Å². The number of hydrogen-bond donors (Lipinski definition) is 0. The van der Waals surface area contributed by atoms with Gasteiger partial charge in [0, 0.05) is 0 Å². The molecule has 134 valence electrons. The molecule has 0 atom stereocenters. The van der Waals surface area contributed by atoms with E-state index in [1.165, 1.54) is 12.1 Å². The van der Waals surface area contributed by atoms with Crippen LogP contribution in [0.2, 0.25) is 0 Å². The van der Waals surface area contributed by atoms with E-state index < -0.39 is 44.6 Å². The summed E-state index contributed by atoms with van der Waals surface area (Å²) in [6, 6.07) is 4.53. The van der Waals surface area contributed by atoms with E-state index >= 15 is 0 Å². The Bertz CT molecular complexity index is 728. The molecule has 1 aliphatic heterocycles. The molecule has 0 N–H and O–H groups in total. The maximum atomic E-state index is 13.0. The fraction of sp³-hybridized carbons (Fsp3) is 0.455. The van der Waals surface area contributed by atoms with Crippen molar-refractivity contribution in [3.63, 3.8) is 0 Å². The molecule has 1 aromatic rings. The first-order valence-corrected chi connectivity index (χ1v) is 7.54. The van der Waals surface area contributed by atoms with Gasteiger partial charge in [-0.2, -0.15) is 39.9 Å². The van der Waals surface area contributed by atoms with Crippen molar-refractivity contribution in [1.82, 2.24) is 5.17 Å². The minimum atomic E-state index is -5.93. The van der Waals surface area contributed by atoms with Crippen molar-refractivity contribution < 1.29 is 39.0 Å². The summed E-state index contributed by atoms with van der Waals surface area (Å²) in [5.74, 6) is 0. The van der Waals surface area contributed by atoms with Gasteiger partial charge in [0.2, 0.25) is 0 Å². The van der Waals surface area contributed by atoms with Crippen LogP contribution in [0.5, 0.6) is 0 Å². The summed E-state index contributed by atoms with van der Waals surface area (Å²) in [6.07, 6.45) is -11.9. The monoisotopic (exact) mass is 377 g/mol. The normalized spacial score (nSPS) is 18.2. The molecule has 1 aliphatic rings. The molecule has 0 unspecified atom stereocenters. The zero-order valence-corrected chi connectivity index (χ0v) is 12.6. The van der Waals surface area contributed by atoms with Gasteiger partial charge in [-0.25, -0.2) is 0 Å². The van der Waals surface area contributed by atoms with Gasteiger partial charge in [0.25, 0.3) is 5.54 Å². The molecule has 0 saturated carbocycles. The zero-order chi connectivity index (χ0) is 18.4. The number of hydroxylamine groups is 1. The van der Waals surface area contributed by atoms with Crippen LogP contribution in [0.25, 0.3) is 0 Å². The molecular weight excluding hydrogens is 368 g/mol. The fourth-order valence-corrected chi connectivity index (χ4v) is 2.70. The van der Waals surface area contributed by atoms with Crippen LogP contribution in [-0.2, 0) is 14.4 Å². The Morgan fingerprint density at radius 2 is 1.58 bits per heavy atom. The van der Waals surface area contributed by atoms with Crippen LogP contribution in [0.4, 0.5) is 26.3 Å². The Morgan fingerprint density at radius 1 is 1.08 bits per heavy atom. The Hall–Kier alpha value is -1.89. The second-order valence-electron chi connectivity index (χ2n) is 4.86. The maximum Gasteiger partial charge on any atom is 0.426 e.